The van der Waals surface area contributed by atoms with Gasteiger partial charge in [-0.2, -0.15) is 0 Å². The molecule has 82 valence electrons. The Hall–Kier alpha value is -0.960. The van der Waals surface area contributed by atoms with Gasteiger partial charge in [-0.1, -0.05) is 46.9 Å². The standard InChI is InChI=1S/C11H6Cl3NO/c12-8-3-1-2-6(10(8)13)7-4-5-9(16)15-11(7)14/h1-5H,(H,15,16). The van der Waals surface area contributed by atoms with E-state index in [-0.39, 0.29) is 10.7 Å². The molecule has 0 spiro atoms. The second-order valence-corrected chi connectivity index (χ2v) is 4.31. The van der Waals surface area contributed by atoms with E-state index in [4.69, 9.17) is 34.8 Å². The van der Waals surface area contributed by atoms with E-state index in [9.17, 15) is 4.79 Å². The summed E-state index contributed by atoms with van der Waals surface area (Å²) in [7, 11) is 0. The molecule has 0 fully saturated rings. The summed E-state index contributed by atoms with van der Waals surface area (Å²) in [6.45, 7) is 0. The molecule has 2 nitrogen and oxygen atoms in total. The average molecular weight is 275 g/mol. The molecule has 0 aliphatic rings. The lowest BCUT2D eigenvalue weighted by molar-refractivity contribution is 1.24. The van der Waals surface area contributed by atoms with Gasteiger partial charge >= 0.3 is 0 Å². The molecule has 1 aromatic heterocycles. The van der Waals surface area contributed by atoms with Crippen LogP contribution in [-0.2, 0) is 0 Å². The minimum atomic E-state index is -0.257. The normalized spacial score (nSPS) is 10.4. The summed E-state index contributed by atoms with van der Waals surface area (Å²) in [5.41, 5.74) is 1.08. The first-order chi connectivity index (χ1) is 7.59. The van der Waals surface area contributed by atoms with Crippen molar-refractivity contribution in [3.05, 3.63) is 55.9 Å². The minimum absolute atomic E-state index is 0.247. The van der Waals surface area contributed by atoms with Gasteiger partial charge < -0.3 is 4.98 Å². The number of H-pyrrole nitrogens is 1. The highest BCUT2D eigenvalue weighted by Gasteiger charge is 2.10. The van der Waals surface area contributed by atoms with Crippen molar-refractivity contribution in [3.63, 3.8) is 0 Å². The number of pyridine rings is 1. The van der Waals surface area contributed by atoms with Crippen LogP contribution in [-0.4, -0.2) is 4.98 Å². The van der Waals surface area contributed by atoms with Gasteiger partial charge in [-0.05, 0) is 12.1 Å². The van der Waals surface area contributed by atoms with Crippen LogP contribution in [0, 0.1) is 0 Å². The number of aromatic amines is 1. The third-order valence-corrected chi connectivity index (χ3v) is 3.23. The highest BCUT2D eigenvalue weighted by Crippen LogP contribution is 2.35. The molecule has 2 aromatic rings. The Morgan fingerprint density at radius 3 is 2.38 bits per heavy atom. The minimum Gasteiger partial charge on any atom is -0.312 e. The van der Waals surface area contributed by atoms with Crippen molar-refractivity contribution in [1.29, 1.82) is 0 Å². The monoisotopic (exact) mass is 273 g/mol. The van der Waals surface area contributed by atoms with Crippen molar-refractivity contribution in [2.45, 2.75) is 0 Å². The number of aromatic nitrogens is 1. The predicted octanol–water partition coefficient (Wildman–Crippen LogP) is 4.00. The molecule has 0 unspecified atom stereocenters. The van der Waals surface area contributed by atoms with Crippen molar-refractivity contribution >= 4 is 34.8 Å². The number of rotatable bonds is 1. The fourth-order valence-electron chi connectivity index (χ4n) is 1.37. The van der Waals surface area contributed by atoms with E-state index in [1.807, 2.05) is 0 Å². The van der Waals surface area contributed by atoms with E-state index in [1.165, 1.54) is 6.07 Å². The lowest BCUT2D eigenvalue weighted by Crippen LogP contribution is -2.03. The van der Waals surface area contributed by atoms with E-state index in [2.05, 4.69) is 4.98 Å². The molecule has 5 heteroatoms. The third-order valence-electron chi connectivity index (χ3n) is 2.11. The topological polar surface area (TPSA) is 32.9 Å². The molecule has 0 saturated carbocycles. The van der Waals surface area contributed by atoms with Crippen molar-refractivity contribution in [2.24, 2.45) is 0 Å². The van der Waals surface area contributed by atoms with Crippen LogP contribution in [0.5, 0.6) is 0 Å². The number of hydrogen-bond donors (Lipinski definition) is 1. The van der Waals surface area contributed by atoms with Gasteiger partial charge in [0.2, 0.25) is 5.56 Å². The van der Waals surface area contributed by atoms with Crippen LogP contribution in [0.2, 0.25) is 15.2 Å². The fraction of sp³-hybridized carbons (Fsp3) is 0. The Kier molecular flexibility index (Phi) is 3.24. The molecular formula is C11H6Cl3NO. The Bertz CT molecular complexity index is 592. The van der Waals surface area contributed by atoms with Gasteiger partial charge in [0, 0.05) is 17.2 Å². The largest absolute Gasteiger partial charge is 0.312 e. The Labute approximate surface area is 107 Å². The molecule has 0 radical (unpaired) electrons. The zero-order valence-corrected chi connectivity index (χ0v) is 10.2. The molecule has 0 aliphatic carbocycles. The zero-order valence-electron chi connectivity index (χ0n) is 7.93. The lowest BCUT2D eigenvalue weighted by atomic mass is 10.1. The maximum Gasteiger partial charge on any atom is 0.249 e. The maximum atomic E-state index is 11.0. The van der Waals surface area contributed by atoms with Crippen LogP contribution in [0.25, 0.3) is 11.1 Å². The fourth-order valence-corrected chi connectivity index (χ4v) is 2.03. The van der Waals surface area contributed by atoms with E-state index in [0.29, 0.717) is 21.2 Å². The summed E-state index contributed by atoms with van der Waals surface area (Å²) in [6, 6.07) is 8.24. The molecule has 1 N–H and O–H groups in total. The lowest BCUT2D eigenvalue weighted by Gasteiger charge is -2.07. The van der Waals surface area contributed by atoms with E-state index in [1.54, 1.807) is 24.3 Å². The Morgan fingerprint density at radius 1 is 0.938 bits per heavy atom. The quantitative estimate of drug-likeness (QED) is 0.783. The molecule has 0 atom stereocenters. The summed E-state index contributed by atoms with van der Waals surface area (Å²) in [5.74, 6) is 0. The number of hydrogen-bond acceptors (Lipinski definition) is 1. The van der Waals surface area contributed by atoms with Crippen LogP contribution >= 0.6 is 34.8 Å². The number of nitrogens with one attached hydrogen (secondary N) is 1. The first-order valence-corrected chi connectivity index (χ1v) is 5.56. The van der Waals surface area contributed by atoms with Crippen LogP contribution < -0.4 is 5.56 Å². The number of halogens is 3. The molecule has 0 bridgehead atoms. The van der Waals surface area contributed by atoms with Gasteiger partial charge in [-0.15, -0.1) is 0 Å². The molecule has 0 aliphatic heterocycles. The van der Waals surface area contributed by atoms with Crippen LogP contribution in [0.15, 0.2) is 35.1 Å². The smallest absolute Gasteiger partial charge is 0.249 e. The van der Waals surface area contributed by atoms with Crippen LogP contribution in [0.1, 0.15) is 0 Å². The van der Waals surface area contributed by atoms with Crippen molar-refractivity contribution in [2.75, 3.05) is 0 Å². The summed E-state index contributed by atoms with van der Waals surface area (Å²) in [4.78, 5) is 13.5. The molecule has 0 saturated heterocycles. The molecule has 0 amide bonds. The second-order valence-electron chi connectivity index (χ2n) is 3.15. The molecule has 2 rings (SSSR count). The Balaban J connectivity index is 2.68. The van der Waals surface area contributed by atoms with Gasteiger partial charge in [-0.25, -0.2) is 0 Å². The van der Waals surface area contributed by atoms with Crippen LogP contribution in [0.4, 0.5) is 0 Å². The average Bonchev–Trinajstić information content (AvgIpc) is 2.23. The first kappa shape index (κ1) is 11.5. The van der Waals surface area contributed by atoms with Gasteiger partial charge in [0.05, 0.1) is 10.0 Å². The summed E-state index contributed by atoms with van der Waals surface area (Å²) >= 11 is 17.9. The van der Waals surface area contributed by atoms with Crippen molar-refractivity contribution in [1.82, 2.24) is 4.98 Å². The molecule has 1 heterocycles. The van der Waals surface area contributed by atoms with E-state index < -0.39 is 0 Å². The van der Waals surface area contributed by atoms with Crippen molar-refractivity contribution < 1.29 is 0 Å². The highest BCUT2D eigenvalue weighted by atomic mass is 35.5. The SMILES string of the molecule is O=c1ccc(-c2cccc(Cl)c2Cl)c(Cl)[nH]1. The molecule has 16 heavy (non-hydrogen) atoms. The van der Waals surface area contributed by atoms with Gasteiger partial charge in [0.1, 0.15) is 5.15 Å². The predicted molar refractivity (Wildman–Crippen MR) is 67.5 cm³/mol. The maximum absolute atomic E-state index is 11.0. The van der Waals surface area contributed by atoms with Crippen LogP contribution in [0.3, 0.4) is 0 Å². The summed E-state index contributed by atoms with van der Waals surface area (Å²) in [6.07, 6.45) is 0. The third kappa shape index (κ3) is 2.09. The number of benzene rings is 1. The summed E-state index contributed by atoms with van der Waals surface area (Å²) < 4.78 is 0. The van der Waals surface area contributed by atoms with Gasteiger partial charge in [-0.3, -0.25) is 4.79 Å². The van der Waals surface area contributed by atoms with Crippen molar-refractivity contribution in [3.8, 4) is 11.1 Å². The first-order valence-electron chi connectivity index (χ1n) is 4.43. The van der Waals surface area contributed by atoms with E-state index >= 15 is 0 Å². The van der Waals surface area contributed by atoms with E-state index in [0.717, 1.165) is 0 Å². The molecular weight excluding hydrogens is 268 g/mol. The highest BCUT2D eigenvalue weighted by molar-refractivity contribution is 6.44. The molecule has 1 aromatic carbocycles. The zero-order chi connectivity index (χ0) is 11.7. The van der Waals surface area contributed by atoms with Gasteiger partial charge in [0.25, 0.3) is 0 Å². The Morgan fingerprint density at radius 2 is 1.69 bits per heavy atom. The second kappa shape index (κ2) is 4.50. The van der Waals surface area contributed by atoms with Gasteiger partial charge in [0.15, 0.2) is 0 Å². The summed E-state index contributed by atoms with van der Waals surface area (Å²) in [5, 5.41) is 1.11.